The van der Waals surface area contributed by atoms with Crippen molar-refractivity contribution in [1.29, 1.82) is 0 Å². The lowest BCUT2D eigenvalue weighted by atomic mass is 9.55. The molecule has 0 unspecified atom stereocenters. The van der Waals surface area contributed by atoms with Crippen LogP contribution in [-0.2, 0) is 5.41 Å². The molecule has 1 fully saturated rings. The fraction of sp³-hybridized carbons (Fsp3) is 0.600. The van der Waals surface area contributed by atoms with Crippen LogP contribution >= 0.6 is 0 Å². The lowest BCUT2D eigenvalue weighted by Crippen LogP contribution is -2.42. The third kappa shape index (κ3) is 1.90. The minimum atomic E-state index is 0.144. The highest BCUT2D eigenvalue weighted by atomic mass is 14.6. The van der Waals surface area contributed by atoms with Crippen LogP contribution in [0.1, 0.15) is 52.0 Å². The van der Waals surface area contributed by atoms with E-state index in [1.54, 1.807) is 0 Å². The number of nitrogens with two attached hydrogens (primary N) is 2. The molecule has 2 rings (SSSR count). The normalized spacial score (nSPS) is 27.9. The molecule has 0 amide bonds. The van der Waals surface area contributed by atoms with Gasteiger partial charge in [0.05, 0.1) is 0 Å². The Balaban J connectivity index is 2.52. The second-order valence-corrected chi connectivity index (χ2v) is 6.27. The fourth-order valence-electron chi connectivity index (χ4n) is 3.21. The van der Waals surface area contributed by atoms with E-state index in [2.05, 4.69) is 26.8 Å². The van der Waals surface area contributed by atoms with Crippen LogP contribution in [0.5, 0.6) is 0 Å². The van der Waals surface area contributed by atoms with Crippen molar-refractivity contribution in [2.45, 2.75) is 51.9 Å². The Hall–Kier alpha value is -1.18. The molecule has 0 aromatic heterocycles. The maximum absolute atomic E-state index is 6.17. The predicted molar refractivity (Wildman–Crippen MR) is 74.9 cm³/mol. The standard InChI is InChI=1S/C15H24N2/c1-14(2)8-4-5-9-15(14,3)12-10-11(16)6-7-13(12)17/h6-7,10H,4-5,8-9,16-17H2,1-3H3/t15-/m1/s1. The minimum Gasteiger partial charge on any atom is -0.399 e. The third-order valence-electron chi connectivity index (χ3n) is 4.89. The number of hydrogen-bond acceptors (Lipinski definition) is 2. The van der Waals surface area contributed by atoms with E-state index >= 15 is 0 Å². The van der Waals surface area contributed by atoms with Gasteiger partial charge >= 0.3 is 0 Å². The third-order valence-corrected chi connectivity index (χ3v) is 4.89. The number of hydrogen-bond donors (Lipinski definition) is 2. The van der Waals surface area contributed by atoms with Crippen LogP contribution in [0.4, 0.5) is 11.4 Å². The first-order valence-electron chi connectivity index (χ1n) is 6.52. The predicted octanol–water partition coefficient (Wildman–Crippen LogP) is 3.71. The van der Waals surface area contributed by atoms with E-state index in [1.165, 1.54) is 31.2 Å². The molecule has 0 bridgehead atoms. The van der Waals surface area contributed by atoms with E-state index in [-0.39, 0.29) is 10.8 Å². The van der Waals surface area contributed by atoms with E-state index < -0.39 is 0 Å². The summed E-state index contributed by atoms with van der Waals surface area (Å²) in [7, 11) is 0. The SMILES string of the molecule is CC1(C)CCCC[C@]1(C)c1cc(N)ccc1N. The second kappa shape index (κ2) is 3.94. The largest absolute Gasteiger partial charge is 0.399 e. The molecule has 0 spiro atoms. The highest BCUT2D eigenvalue weighted by Gasteiger charge is 2.44. The Labute approximate surface area is 104 Å². The smallest absolute Gasteiger partial charge is 0.0353 e. The highest BCUT2D eigenvalue weighted by Crippen LogP contribution is 2.53. The molecule has 2 heteroatoms. The number of rotatable bonds is 1. The average Bonchev–Trinajstić information content (AvgIpc) is 2.26. The van der Waals surface area contributed by atoms with Gasteiger partial charge in [-0.05, 0) is 47.4 Å². The molecule has 17 heavy (non-hydrogen) atoms. The van der Waals surface area contributed by atoms with E-state index in [0.717, 1.165) is 11.4 Å². The van der Waals surface area contributed by atoms with E-state index in [1.807, 2.05) is 12.1 Å². The number of nitrogen functional groups attached to an aromatic ring is 2. The number of anilines is 2. The minimum absolute atomic E-state index is 0.144. The van der Waals surface area contributed by atoms with E-state index in [0.29, 0.717) is 0 Å². The van der Waals surface area contributed by atoms with Gasteiger partial charge in [0.2, 0.25) is 0 Å². The average molecular weight is 232 g/mol. The van der Waals surface area contributed by atoms with Crippen LogP contribution in [0.15, 0.2) is 18.2 Å². The quantitative estimate of drug-likeness (QED) is 0.725. The lowest BCUT2D eigenvalue weighted by molar-refractivity contribution is 0.110. The summed E-state index contributed by atoms with van der Waals surface area (Å²) in [6.07, 6.45) is 5.07. The first kappa shape index (κ1) is 12.3. The van der Waals surface area contributed by atoms with Gasteiger partial charge in [-0.1, -0.05) is 33.6 Å². The molecule has 1 aromatic carbocycles. The van der Waals surface area contributed by atoms with Crippen LogP contribution in [0.2, 0.25) is 0 Å². The summed E-state index contributed by atoms with van der Waals surface area (Å²) in [5.41, 5.74) is 15.5. The highest BCUT2D eigenvalue weighted by molar-refractivity contribution is 5.58. The summed E-state index contributed by atoms with van der Waals surface area (Å²) in [5, 5.41) is 0. The molecule has 2 nitrogen and oxygen atoms in total. The zero-order valence-corrected chi connectivity index (χ0v) is 11.2. The monoisotopic (exact) mass is 232 g/mol. The molecular weight excluding hydrogens is 208 g/mol. The maximum Gasteiger partial charge on any atom is 0.0353 e. The van der Waals surface area contributed by atoms with Gasteiger partial charge in [0.15, 0.2) is 0 Å². The molecule has 1 atom stereocenters. The fourth-order valence-corrected chi connectivity index (χ4v) is 3.21. The van der Waals surface area contributed by atoms with Crippen LogP contribution in [0.25, 0.3) is 0 Å². The van der Waals surface area contributed by atoms with Crippen LogP contribution in [-0.4, -0.2) is 0 Å². The van der Waals surface area contributed by atoms with Crippen LogP contribution < -0.4 is 11.5 Å². The summed E-state index contributed by atoms with van der Waals surface area (Å²) < 4.78 is 0. The number of benzene rings is 1. The van der Waals surface area contributed by atoms with Gasteiger partial charge < -0.3 is 11.5 Å². The zero-order valence-electron chi connectivity index (χ0n) is 11.2. The Kier molecular flexibility index (Phi) is 2.84. The van der Waals surface area contributed by atoms with Crippen molar-refractivity contribution in [1.82, 2.24) is 0 Å². The summed E-state index contributed by atoms with van der Waals surface area (Å²) in [6, 6.07) is 5.90. The Bertz CT molecular complexity index is 423. The van der Waals surface area contributed by atoms with Gasteiger partial charge in [0.1, 0.15) is 0 Å². The molecule has 4 N–H and O–H groups in total. The van der Waals surface area contributed by atoms with E-state index in [9.17, 15) is 0 Å². The second-order valence-electron chi connectivity index (χ2n) is 6.27. The van der Waals surface area contributed by atoms with Gasteiger partial charge in [-0.3, -0.25) is 0 Å². The lowest BCUT2D eigenvalue weighted by Gasteiger charge is -2.49. The van der Waals surface area contributed by atoms with Crippen molar-refractivity contribution in [2.75, 3.05) is 11.5 Å². The first-order chi connectivity index (χ1) is 7.87. The van der Waals surface area contributed by atoms with Gasteiger partial charge in [-0.2, -0.15) is 0 Å². The Morgan fingerprint density at radius 1 is 1.00 bits per heavy atom. The molecule has 94 valence electrons. The van der Waals surface area contributed by atoms with Crippen LogP contribution in [0, 0.1) is 5.41 Å². The zero-order chi connectivity index (χ0) is 12.7. The van der Waals surface area contributed by atoms with Crippen molar-refractivity contribution in [3.05, 3.63) is 23.8 Å². The van der Waals surface area contributed by atoms with Gasteiger partial charge in [0.25, 0.3) is 0 Å². The van der Waals surface area contributed by atoms with Crippen LogP contribution in [0.3, 0.4) is 0 Å². The van der Waals surface area contributed by atoms with E-state index in [4.69, 9.17) is 11.5 Å². The topological polar surface area (TPSA) is 52.0 Å². The van der Waals surface area contributed by atoms with Crippen molar-refractivity contribution >= 4 is 11.4 Å². The molecule has 0 radical (unpaired) electrons. The Morgan fingerprint density at radius 3 is 2.29 bits per heavy atom. The first-order valence-corrected chi connectivity index (χ1v) is 6.52. The maximum atomic E-state index is 6.17. The molecule has 0 saturated heterocycles. The van der Waals surface area contributed by atoms with Gasteiger partial charge in [-0.15, -0.1) is 0 Å². The summed E-state index contributed by atoms with van der Waals surface area (Å²) >= 11 is 0. The molecular formula is C15H24N2. The van der Waals surface area contributed by atoms with Crippen molar-refractivity contribution in [3.63, 3.8) is 0 Å². The summed E-state index contributed by atoms with van der Waals surface area (Å²) in [5.74, 6) is 0. The molecule has 1 aliphatic carbocycles. The van der Waals surface area contributed by atoms with Crippen molar-refractivity contribution in [2.24, 2.45) is 5.41 Å². The van der Waals surface area contributed by atoms with Crippen molar-refractivity contribution in [3.8, 4) is 0 Å². The van der Waals surface area contributed by atoms with Gasteiger partial charge in [-0.25, -0.2) is 0 Å². The van der Waals surface area contributed by atoms with Gasteiger partial charge in [0, 0.05) is 11.4 Å². The molecule has 1 aromatic rings. The Morgan fingerprint density at radius 2 is 1.65 bits per heavy atom. The van der Waals surface area contributed by atoms with Crippen molar-refractivity contribution < 1.29 is 0 Å². The summed E-state index contributed by atoms with van der Waals surface area (Å²) in [6.45, 7) is 7.06. The molecule has 0 heterocycles. The summed E-state index contributed by atoms with van der Waals surface area (Å²) in [4.78, 5) is 0. The molecule has 1 saturated carbocycles. The molecule has 0 aliphatic heterocycles. The molecule has 1 aliphatic rings.